The van der Waals surface area contributed by atoms with Gasteiger partial charge in [-0.05, 0) is 12.5 Å². The third-order valence-corrected chi connectivity index (χ3v) is 3.95. The molecule has 1 rings (SSSR count). The van der Waals surface area contributed by atoms with Crippen LogP contribution in [0, 0.1) is 22.5 Å². The van der Waals surface area contributed by atoms with Gasteiger partial charge in [-0.1, -0.05) is 31.4 Å². The lowest BCUT2D eigenvalue weighted by Crippen LogP contribution is -2.34. The topological polar surface area (TPSA) is 89.3 Å². The third kappa shape index (κ3) is 3.77. The van der Waals surface area contributed by atoms with Gasteiger partial charge in [0.05, 0.1) is 11.0 Å². The molecule has 1 aromatic carbocycles. The van der Waals surface area contributed by atoms with Crippen molar-refractivity contribution in [2.45, 2.75) is 30.7 Å². The van der Waals surface area contributed by atoms with Crippen molar-refractivity contribution in [1.82, 2.24) is 4.72 Å². The summed E-state index contributed by atoms with van der Waals surface area (Å²) in [7, 11) is -4.00. The monoisotopic (exact) mass is 282 g/mol. The number of hydrogen-bond donors (Lipinski definition) is 1. The molecule has 0 spiro atoms. The Balaban J connectivity index is 3.15. The Bertz CT molecular complexity index is 604. The minimum absolute atomic E-state index is 0.378. The van der Waals surface area contributed by atoms with E-state index >= 15 is 0 Å². The molecule has 102 valence electrons. The van der Waals surface area contributed by atoms with Crippen LogP contribution in [0.3, 0.4) is 0 Å². The van der Waals surface area contributed by atoms with E-state index in [-0.39, 0.29) is 4.90 Å². The zero-order valence-corrected chi connectivity index (χ0v) is 11.2. The Kier molecular flexibility index (Phi) is 5.03. The van der Waals surface area contributed by atoms with Crippen LogP contribution in [0.15, 0.2) is 29.2 Å². The van der Waals surface area contributed by atoms with Crippen LogP contribution in [0.2, 0.25) is 0 Å². The number of rotatable bonds is 6. The molecule has 1 unspecified atom stereocenters. The lowest BCUT2D eigenvalue weighted by Gasteiger charge is -2.12. The Morgan fingerprint density at radius 3 is 2.63 bits per heavy atom. The van der Waals surface area contributed by atoms with E-state index in [1.165, 1.54) is 18.2 Å². The average Bonchev–Trinajstić information content (AvgIpc) is 2.38. The van der Waals surface area contributed by atoms with Crippen molar-refractivity contribution in [3.05, 3.63) is 34.4 Å². The maximum absolute atomic E-state index is 12.1. The Morgan fingerprint density at radius 1 is 1.47 bits per heavy atom. The highest BCUT2D eigenvalue weighted by molar-refractivity contribution is 7.89. The maximum atomic E-state index is 12.1. The molecule has 7 heteroatoms. The number of nitrogens with zero attached hydrogens (tertiary/aromatic N) is 1. The van der Waals surface area contributed by atoms with E-state index in [1.807, 2.05) is 6.92 Å². The minimum atomic E-state index is -4.00. The van der Waals surface area contributed by atoms with Crippen LogP contribution < -0.4 is 4.72 Å². The molecular formula is C12H14N2O4S. The molecule has 0 heterocycles. The predicted octanol–water partition coefficient (Wildman–Crippen LogP) is 1.68. The molecule has 6 nitrogen and oxygen atoms in total. The number of nitro groups is 1. The number of nitro benzene ring substituents is 1. The van der Waals surface area contributed by atoms with E-state index in [4.69, 9.17) is 6.42 Å². The van der Waals surface area contributed by atoms with Crippen molar-refractivity contribution in [3.8, 4) is 12.3 Å². The van der Waals surface area contributed by atoms with Crippen molar-refractivity contribution in [2.75, 3.05) is 0 Å². The highest BCUT2D eigenvalue weighted by Crippen LogP contribution is 2.23. The molecule has 1 atom stereocenters. The molecule has 0 saturated carbocycles. The Hall–Kier alpha value is -1.91. The van der Waals surface area contributed by atoms with Crippen molar-refractivity contribution in [3.63, 3.8) is 0 Å². The third-order valence-electron chi connectivity index (χ3n) is 2.43. The number of terminal acetylenes is 1. The van der Waals surface area contributed by atoms with Crippen LogP contribution in [0.5, 0.6) is 0 Å². The van der Waals surface area contributed by atoms with Gasteiger partial charge in [-0.2, -0.15) is 4.72 Å². The van der Waals surface area contributed by atoms with E-state index in [0.29, 0.717) is 12.8 Å². The summed E-state index contributed by atoms with van der Waals surface area (Å²) in [4.78, 5) is 9.71. The normalized spacial score (nSPS) is 12.6. The Morgan fingerprint density at radius 2 is 2.11 bits per heavy atom. The Labute approximate surface area is 112 Å². The molecule has 0 aliphatic heterocycles. The quantitative estimate of drug-likeness (QED) is 0.488. The van der Waals surface area contributed by atoms with Gasteiger partial charge in [0.25, 0.3) is 5.69 Å². The van der Waals surface area contributed by atoms with Crippen LogP contribution in [-0.2, 0) is 10.0 Å². The molecular weight excluding hydrogens is 268 g/mol. The molecule has 0 amide bonds. The van der Waals surface area contributed by atoms with Gasteiger partial charge in [-0.3, -0.25) is 10.1 Å². The number of sulfonamides is 1. The SMILES string of the molecule is C#CC(CCC)NS(=O)(=O)c1ccccc1[N+](=O)[O-]. The highest BCUT2D eigenvalue weighted by Gasteiger charge is 2.26. The summed E-state index contributed by atoms with van der Waals surface area (Å²) in [5.41, 5.74) is -0.470. The van der Waals surface area contributed by atoms with Gasteiger partial charge in [0.1, 0.15) is 0 Å². The second-order valence-corrected chi connectivity index (χ2v) is 5.54. The van der Waals surface area contributed by atoms with Crippen LogP contribution in [0.25, 0.3) is 0 Å². The molecule has 1 aromatic rings. The summed E-state index contributed by atoms with van der Waals surface area (Å²) < 4.78 is 26.5. The second kappa shape index (κ2) is 6.31. The van der Waals surface area contributed by atoms with Crippen LogP contribution >= 0.6 is 0 Å². The smallest absolute Gasteiger partial charge is 0.258 e. The lowest BCUT2D eigenvalue weighted by molar-refractivity contribution is -0.387. The number of benzene rings is 1. The number of para-hydroxylation sites is 1. The highest BCUT2D eigenvalue weighted by atomic mass is 32.2. The first kappa shape index (κ1) is 15.1. The standard InChI is InChI=1S/C12H14N2O4S/c1-3-7-10(4-2)13-19(17,18)12-9-6-5-8-11(12)14(15)16/h2,5-6,8-10,13H,3,7H2,1H3. The largest absolute Gasteiger partial charge is 0.289 e. The van der Waals surface area contributed by atoms with Crippen LogP contribution in [0.1, 0.15) is 19.8 Å². The summed E-state index contributed by atoms with van der Waals surface area (Å²) in [6.45, 7) is 1.86. The zero-order chi connectivity index (χ0) is 14.5. The van der Waals surface area contributed by atoms with E-state index < -0.39 is 26.7 Å². The first-order valence-electron chi connectivity index (χ1n) is 5.64. The minimum Gasteiger partial charge on any atom is -0.258 e. The molecule has 0 bridgehead atoms. The van der Waals surface area contributed by atoms with Crippen molar-refractivity contribution in [2.24, 2.45) is 0 Å². The summed E-state index contributed by atoms with van der Waals surface area (Å²) in [5.74, 6) is 2.32. The first-order valence-corrected chi connectivity index (χ1v) is 7.12. The summed E-state index contributed by atoms with van der Waals surface area (Å²) in [6, 6.07) is 4.47. The van der Waals surface area contributed by atoms with E-state index in [0.717, 1.165) is 6.07 Å². The van der Waals surface area contributed by atoms with Crippen LogP contribution in [0.4, 0.5) is 5.69 Å². The zero-order valence-electron chi connectivity index (χ0n) is 10.4. The van der Waals surface area contributed by atoms with Gasteiger partial charge in [-0.15, -0.1) is 6.42 Å². The number of nitrogens with one attached hydrogen (secondary N) is 1. The fourth-order valence-electron chi connectivity index (χ4n) is 1.55. The summed E-state index contributed by atoms with van der Waals surface area (Å²) in [6.07, 6.45) is 6.40. The predicted molar refractivity (Wildman–Crippen MR) is 70.9 cm³/mol. The van der Waals surface area contributed by atoms with Gasteiger partial charge >= 0.3 is 0 Å². The molecule has 0 aromatic heterocycles. The molecule has 0 aliphatic carbocycles. The van der Waals surface area contributed by atoms with Crippen molar-refractivity contribution < 1.29 is 13.3 Å². The molecule has 19 heavy (non-hydrogen) atoms. The first-order chi connectivity index (χ1) is 8.92. The average molecular weight is 282 g/mol. The molecule has 0 fully saturated rings. The van der Waals surface area contributed by atoms with E-state index in [2.05, 4.69) is 10.6 Å². The second-order valence-electron chi connectivity index (χ2n) is 3.85. The van der Waals surface area contributed by atoms with Crippen LogP contribution in [-0.4, -0.2) is 19.4 Å². The summed E-state index contributed by atoms with van der Waals surface area (Å²) >= 11 is 0. The molecule has 0 radical (unpaired) electrons. The van der Waals surface area contributed by atoms with Crippen molar-refractivity contribution >= 4 is 15.7 Å². The van der Waals surface area contributed by atoms with Gasteiger partial charge < -0.3 is 0 Å². The van der Waals surface area contributed by atoms with Crippen molar-refractivity contribution in [1.29, 1.82) is 0 Å². The van der Waals surface area contributed by atoms with E-state index in [1.54, 1.807) is 0 Å². The molecule has 0 aliphatic rings. The van der Waals surface area contributed by atoms with E-state index in [9.17, 15) is 18.5 Å². The van der Waals surface area contributed by atoms with Gasteiger partial charge in [-0.25, -0.2) is 8.42 Å². The molecule has 1 N–H and O–H groups in total. The number of hydrogen-bond acceptors (Lipinski definition) is 4. The van der Waals surface area contributed by atoms with Gasteiger partial charge in [0.2, 0.25) is 10.0 Å². The fourth-order valence-corrected chi connectivity index (χ4v) is 2.91. The lowest BCUT2D eigenvalue weighted by atomic mass is 10.2. The van der Waals surface area contributed by atoms with Gasteiger partial charge in [0.15, 0.2) is 4.90 Å². The summed E-state index contributed by atoms with van der Waals surface area (Å²) in [5, 5.41) is 10.8. The molecule has 0 saturated heterocycles. The van der Waals surface area contributed by atoms with Gasteiger partial charge in [0, 0.05) is 6.07 Å². The fraction of sp³-hybridized carbons (Fsp3) is 0.333. The maximum Gasteiger partial charge on any atom is 0.289 e.